The Balaban J connectivity index is 2.37. The standard InChI is InChI=1S/C16H14BrFO3/c1-3-21-11-6-4-10(5-7-11)16(19)12-8-13(17)14(18)9-15(12)20-2/h4-9H,3H2,1-2H3. The van der Waals surface area contributed by atoms with Gasteiger partial charge in [0.25, 0.3) is 0 Å². The molecule has 21 heavy (non-hydrogen) atoms. The predicted molar refractivity (Wildman–Crippen MR) is 81.7 cm³/mol. The summed E-state index contributed by atoms with van der Waals surface area (Å²) in [5.74, 6) is 0.182. The van der Waals surface area contributed by atoms with Gasteiger partial charge in [0.2, 0.25) is 0 Å². The lowest BCUT2D eigenvalue weighted by molar-refractivity contribution is 0.103. The van der Waals surface area contributed by atoms with Crippen LogP contribution in [-0.2, 0) is 0 Å². The number of benzene rings is 2. The zero-order valence-electron chi connectivity index (χ0n) is 11.7. The van der Waals surface area contributed by atoms with Crippen molar-refractivity contribution in [2.75, 3.05) is 13.7 Å². The van der Waals surface area contributed by atoms with Crippen LogP contribution in [0.1, 0.15) is 22.8 Å². The monoisotopic (exact) mass is 352 g/mol. The number of carbonyl (C=O) groups is 1. The summed E-state index contributed by atoms with van der Waals surface area (Å²) in [6.07, 6.45) is 0. The van der Waals surface area contributed by atoms with Gasteiger partial charge in [-0.2, -0.15) is 0 Å². The summed E-state index contributed by atoms with van der Waals surface area (Å²) in [5.41, 5.74) is 0.783. The summed E-state index contributed by atoms with van der Waals surface area (Å²) in [6, 6.07) is 9.40. The SMILES string of the molecule is CCOc1ccc(C(=O)c2cc(Br)c(F)cc2OC)cc1. The molecular weight excluding hydrogens is 339 g/mol. The second-order valence-electron chi connectivity index (χ2n) is 4.25. The zero-order valence-corrected chi connectivity index (χ0v) is 13.2. The lowest BCUT2D eigenvalue weighted by Gasteiger charge is -2.10. The summed E-state index contributed by atoms with van der Waals surface area (Å²) in [4.78, 5) is 12.5. The van der Waals surface area contributed by atoms with Crippen molar-refractivity contribution in [3.05, 3.63) is 57.8 Å². The van der Waals surface area contributed by atoms with E-state index in [1.165, 1.54) is 19.2 Å². The molecule has 0 N–H and O–H groups in total. The molecule has 0 amide bonds. The van der Waals surface area contributed by atoms with E-state index in [1.54, 1.807) is 24.3 Å². The Labute approximate surface area is 130 Å². The van der Waals surface area contributed by atoms with Gasteiger partial charge in [-0.15, -0.1) is 0 Å². The fourth-order valence-electron chi connectivity index (χ4n) is 1.90. The van der Waals surface area contributed by atoms with Gasteiger partial charge in [-0.3, -0.25) is 4.79 Å². The molecule has 0 aliphatic carbocycles. The highest BCUT2D eigenvalue weighted by molar-refractivity contribution is 9.10. The first-order valence-electron chi connectivity index (χ1n) is 6.37. The maximum Gasteiger partial charge on any atom is 0.196 e. The van der Waals surface area contributed by atoms with Crippen LogP contribution in [0.5, 0.6) is 11.5 Å². The Morgan fingerprint density at radius 2 is 1.90 bits per heavy atom. The third-order valence-corrected chi connectivity index (χ3v) is 3.52. The van der Waals surface area contributed by atoms with E-state index in [-0.39, 0.29) is 16.0 Å². The molecular formula is C16H14BrFO3. The van der Waals surface area contributed by atoms with Gasteiger partial charge in [-0.1, -0.05) is 0 Å². The van der Waals surface area contributed by atoms with Crippen LogP contribution < -0.4 is 9.47 Å². The van der Waals surface area contributed by atoms with E-state index in [0.717, 1.165) is 0 Å². The number of hydrogen-bond acceptors (Lipinski definition) is 3. The first-order valence-corrected chi connectivity index (χ1v) is 7.16. The molecule has 0 radical (unpaired) electrons. The van der Waals surface area contributed by atoms with Crippen LogP contribution in [0.4, 0.5) is 4.39 Å². The number of ether oxygens (including phenoxy) is 2. The van der Waals surface area contributed by atoms with Gasteiger partial charge in [0.1, 0.15) is 17.3 Å². The molecule has 0 atom stereocenters. The average molecular weight is 353 g/mol. The largest absolute Gasteiger partial charge is 0.496 e. The Morgan fingerprint density at radius 1 is 1.24 bits per heavy atom. The molecule has 3 nitrogen and oxygen atoms in total. The van der Waals surface area contributed by atoms with Crippen LogP contribution in [0.3, 0.4) is 0 Å². The van der Waals surface area contributed by atoms with Crippen molar-refractivity contribution in [1.29, 1.82) is 0 Å². The van der Waals surface area contributed by atoms with Gasteiger partial charge in [0.05, 0.1) is 23.8 Å². The van der Waals surface area contributed by atoms with Crippen LogP contribution in [0, 0.1) is 5.82 Å². The minimum absolute atomic E-state index is 0.203. The molecule has 2 aromatic rings. The van der Waals surface area contributed by atoms with Gasteiger partial charge >= 0.3 is 0 Å². The van der Waals surface area contributed by atoms with E-state index in [4.69, 9.17) is 9.47 Å². The minimum atomic E-state index is -0.477. The lowest BCUT2D eigenvalue weighted by atomic mass is 10.0. The van der Waals surface area contributed by atoms with Crippen LogP contribution >= 0.6 is 15.9 Å². The Kier molecular flexibility index (Phi) is 4.96. The van der Waals surface area contributed by atoms with E-state index < -0.39 is 5.82 Å². The van der Waals surface area contributed by atoms with Crippen molar-refractivity contribution >= 4 is 21.7 Å². The maximum atomic E-state index is 13.5. The van der Waals surface area contributed by atoms with Crippen LogP contribution in [-0.4, -0.2) is 19.5 Å². The molecule has 0 aliphatic heterocycles. The topological polar surface area (TPSA) is 35.5 Å². The molecule has 0 fully saturated rings. The Morgan fingerprint density at radius 3 is 2.48 bits per heavy atom. The second kappa shape index (κ2) is 6.72. The number of halogens is 2. The fraction of sp³-hybridized carbons (Fsp3) is 0.188. The van der Waals surface area contributed by atoms with Crippen LogP contribution in [0.2, 0.25) is 0 Å². The van der Waals surface area contributed by atoms with E-state index in [9.17, 15) is 9.18 Å². The highest BCUT2D eigenvalue weighted by Gasteiger charge is 2.17. The minimum Gasteiger partial charge on any atom is -0.496 e. The molecule has 0 heterocycles. The molecule has 0 unspecified atom stereocenters. The summed E-state index contributed by atoms with van der Waals surface area (Å²) < 4.78 is 24.1. The van der Waals surface area contributed by atoms with Crippen molar-refractivity contribution in [1.82, 2.24) is 0 Å². The van der Waals surface area contributed by atoms with Crippen molar-refractivity contribution in [3.63, 3.8) is 0 Å². The molecule has 0 aromatic heterocycles. The zero-order chi connectivity index (χ0) is 15.4. The maximum absolute atomic E-state index is 13.5. The second-order valence-corrected chi connectivity index (χ2v) is 5.11. The average Bonchev–Trinajstić information content (AvgIpc) is 2.50. The summed E-state index contributed by atoms with van der Waals surface area (Å²) in [6.45, 7) is 2.45. The molecule has 2 rings (SSSR count). The lowest BCUT2D eigenvalue weighted by Crippen LogP contribution is -2.05. The van der Waals surface area contributed by atoms with Crippen molar-refractivity contribution in [3.8, 4) is 11.5 Å². The molecule has 0 aliphatic rings. The number of carbonyl (C=O) groups excluding carboxylic acids is 1. The highest BCUT2D eigenvalue weighted by atomic mass is 79.9. The highest BCUT2D eigenvalue weighted by Crippen LogP contribution is 2.28. The Bertz CT molecular complexity index is 653. The fourth-order valence-corrected chi connectivity index (χ4v) is 2.24. The number of ketones is 1. The van der Waals surface area contributed by atoms with E-state index in [0.29, 0.717) is 23.5 Å². The van der Waals surface area contributed by atoms with Crippen molar-refractivity contribution < 1.29 is 18.7 Å². The van der Waals surface area contributed by atoms with E-state index in [2.05, 4.69) is 15.9 Å². The number of rotatable bonds is 5. The first-order chi connectivity index (χ1) is 10.1. The van der Waals surface area contributed by atoms with Gasteiger partial charge in [0, 0.05) is 11.6 Å². The first kappa shape index (κ1) is 15.5. The quantitative estimate of drug-likeness (QED) is 0.755. The summed E-state index contributed by atoms with van der Waals surface area (Å²) in [5, 5.41) is 0. The van der Waals surface area contributed by atoms with Crippen LogP contribution in [0.15, 0.2) is 40.9 Å². The van der Waals surface area contributed by atoms with Crippen molar-refractivity contribution in [2.45, 2.75) is 6.92 Å². The van der Waals surface area contributed by atoms with E-state index in [1.807, 2.05) is 6.92 Å². The molecule has 0 saturated carbocycles. The van der Waals surface area contributed by atoms with Crippen LogP contribution in [0.25, 0.3) is 0 Å². The smallest absolute Gasteiger partial charge is 0.196 e. The normalized spacial score (nSPS) is 10.3. The molecule has 0 saturated heterocycles. The molecule has 0 spiro atoms. The molecule has 2 aromatic carbocycles. The number of hydrogen-bond donors (Lipinski definition) is 0. The summed E-state index contributed by atoms with van der Waals surface area (Å²) in [7, 11) is 1.40. The van der Waals surface area contributed by atoms with Crippen molar-refractivity contribution in [2.24, 2.45) is 0 Å². The third-order valence-electron chi connectivity index (χ3n) is 2.91. The Hall–Kier alpha value is -1.88. The van der Waals surface area contributed by atoms with Gasteiger partial charge in [-0.05, 0) is 53.2 Å². The van der Waals surface area contributed by atoms with Gasteiger partial charge in [-0.25, -0.2) is 4.39 Å². The summed E-state index contributed by atoms with van der Waals surface area (Å²) >= 11 is 3.08. The number of methoxy groups -OCH3 is 1. The molecule has 0 bridgehead atoms. The predicted octanol–water partition coefficient (Wildman–Crippen LogP) is 4.23. The molecule has 110 valence electrons. The van der Waals surface area contributed by atoms with Gasteiger partial charge < -0.3 is 9.47 Å². The van der Waals surface area contributed by atoms with E-state index >= 15 is 0 Å². The van der Waals surface area contributed by atoms with Gasteiger partial charge in [0.15, 0.2) is 5.78 Å². The third kappa shape index (κ3) is 3.42. The molecule has 5 heteroatoms.